The fourth-order valence-corrected chi connectivity index (χ4v) is 2.74. The topological polar surface area (TPSA) is 43.1 Å². The summed E-state index contributed by atoms with van der Waals surface area (Å²) in [4.78, 5) is 10.4. The van der Waals surface area contributed by atoms with Crippen molar-refractivity contribution >= 4 is 5.69 Å². The zero-order valence-corrected chi connectivity index (χ0v) is 11.4. The first-order valence-corrected chi connectivity index (χ1v) is 6.90. The smallest absolute Gasteiger partial charge is 0.258 e. The monoisotopic (exact) mass is 277 g/mol. The van der Waals surface area contributed by atoms with Crippen LogP contribution < -0.4 is 0 Å². The molecule has 3 heteroatoms. The Morgan fingerprint density at radius 2 is 1.29 bits per heavy atom. The summed E-state index contributed by atoms with van der Waals surface area (Å²) < 4.78 is 0. The largest absolute Gasteiger partial charge is 0.269 e. The molecule has 0 heterocycles. The summed E-state index contributed by atoms with van der Waals surface area (Å²) in [5.41, 5.74) is 2.47. The number of rotatable bonds is 3. The second kappa shape index (κ2) is 5.75. The van der Waals surface area contributed by atoms with Gasteiger partial charge in [0.1, 0.15) is 0 Å². The van der Waals surface area contributed by atoms with Crippen LogP contribution in [0, 0.1) is 10.1 Å². The lowest BCUT2D eigenvalue weighted by molar-refractivity contribution is -0.384. The zero-order valence-electron chi connectivity index (χ0n) is 11.4. The van der Waals surface area contributed by atoms with Gasteiger partial charge in [0.25, 0.3) is 5.69 Å². The van der Waals surface area contributed by atoms with Gasteiger partial charge >= 0.3 is 0 Å². The van der Waals surface area contributed by atoms with Gasteiger partial charge in [-0.2, -0.15) is 0 Å². The molecule has 1 aliphatic rings. The van der Waals surface area contributed by atoms with E-state index in [4.69, 9.17) is 0 Å². The molecule has 0 aliphatic heterocycles. The standard InChI is InChI=1S/C18H15NO2/c20-19(21)16-12-10-15(11-13-16)18-9-5-4-8-17(18)14-6-2-1-3-7-14/h1-13,17-18H. The van der Waals surface area contributed by atoms with Crippen LogP contribution in [0.2, 0.25) is 0 Å². The van der Waals surface area contributed by atoms with E-state index in [1.54, 1.807) is 12.1 Å². The number of nitro benzene ring substituents is 1. The molecule has 0 spiro atoms. The van der Waals surface area contributed by atoms with Gasteiger partial charge in [-0.15, -0.1) is 0 Å². The molecule has 21 heavy (non-hydrogen) atoms. The third-order valence-corrected chi connectivity index (χ3v) is 3.81. The van der Waals surface area contributed by atoms with Crippen LogP contribution in [-0.2, 0) is 0 Å². The minimum atomic E-state index is -0.366. The molecule has 0 amide bonds. The first-order chi connectivity index (χ1) is 10.3. The van der Waals surface area contributed by atoms with Crippen molar-refractivity contribution in [3.63, 3.8) is 0 Å². The SMILES string of the molecule is O=[N+]([O-])c1ccc(C2C=CC=CC2c2ccccc2)cc1. The Kier molecular flexibility index (Phi) is 3.65. The highest BCUT2D eigenvalue weighted by atomic mass is 16.6. The minimum Gasteiger partial charge on any atom is -0.258 e. The molecule has 2 unspecified atom stereocenters. The van der Waals surface area contributed by atoms with Gasteiger partial charge in [0.15, 0.2) is 0 Å². The van der Waals surface area contributed by atoms with Gasteiger partial charge in [-0.1, -0.05) is 66.8 Å². The Balaban J connectivity index is 1.93. The predicted octanol–water partition coefficient (Wildman–Crippen LogP) is 4.59. The molecule has 3 rings (SSSR count). The maximum atomic E-state index is 10.8. The van der Waals surface area contributed by atoms with E-state index >= 15 is 0 Å². The summed E-state index contributed by atoms with van der Waals surface area (Å²) in [5.74, 6) is 0.468. The second-order valence-electron chi connectivity index (χ2n) is 5.08. The lowest BCUT2D eigenvalue weighted by atomic mass is 9.79. The maximum Gasteiger partial charge on any atom is 0.269 e. The highest BCUT2D eigenvalue weighted by Crippen LogP contribution is 2.37. The Morgan fingerprint density at radius 1 is 0.762 bits per heavy atom. The van der Waals surface area contributed by atoms with Crippen LogP contribution in [0.4, 0.5) is 5.69 Å². The molecule has 0 N–H and O–H groups in total. The lowest BCUT2D eigenvalue weighted by Gasteiger charge is -2.25. The van der Waals surface area contributed by atoms with E-state index in [9.17, 15) is 10.1 Å². The van der Waals surface area contributed by atoms with Crippen LogP contribution >= 0.6 is 0 Å². The van der Waals surface area contributed by atoms with Gasteiger partial charge in [-0.3, -0.25) is 10.1 Å². The summed E-state index contributed by atoms with van der Waals surface area (Å²) in [6.07, 6.45) is 8.42. The molecule has 0 aromatic heterocycles. The van der Waals surface area contributed by atoms with Crippen molar-refractivity contribution in [3.05, 3.63) is 100 Å². The molecule has 0 fully saturated rings. The molecule has 2 aromatic rings. The van der Waals surface area contributed by atoms with Crippen molar-refractivity contribution in [1.29, 1.82) is 0 Å². The lowest BCUT2D eigenvalue weighted by Crippen LogP contribution is -2.09. The third-order valence-electron chi connectivity index (χ3n) is 3.81. The number of nitrogens with zero attached hydrogens (tertiary/aromatic N) is 1. The average Bonchev–Trinajstić information content (AvgIpc) is 2.56. The molecule has 0 bridgehead atoms. The van der Waals surface area contributed by atoms with Crippen molar-refractivity contribution in [2.45, 2.75) is 11.8 Å². The van der Waals surface area contributed by atoms with E-state index < -0.39 is 0 Å². The quantitative estimate of drug-likeness (QED) is 0.608. The van der Waals surface area contributed by atoms with Crippen molar-refractivity contribution in [2.24, 2.45) is 0 Å². The van der Waals surface area contributed by atoms with E-state index in [1.807, 2.05) is 36.4 Å². The van der Waals surface area contributed by atoms with Crippen LogP contribution in [0.5, 0.6) is 0 Å². The molecule has 104 valence electrons. The minimum absolute atomic E-state index is 0.130. The Hall–Kier alpha value is -2.68. The Bertz CT molecular complexity index is 687. The molecule has 1 aliphatic carbocycles. The molecule has 3 nitrogen and oxygen atoms in total. The number of hydrogen-bond donors (Lipinski definition) is 0. The third kappa shape index (κ3) is 2.77. The predicted molar refractivity (Wildman–Crippen MR) is 83.3 cm³/mol. The number of benzene rings is 2. The average molecular weight is 277 g/mol. The molecule has 0 saturated heterocycles. The van der Waals surface area contributed by atoms with E-state index in [-0.39, 0.29) is 22.4 Å². The van der Waals surface area contributed by atoms with Crippen molar-refractivity contribution in [3.8, 4) is 0 Å². The van der Waals surface area contributed by atoms with Gasteiger partial charge in [0.2, 0.25) is 0 Å². The maximum absolute atomic E-state index is 10.8. The van der Waals surface area contributed by atoms with E-state index in [1.165, 1.54) is 5.56 Å². The normalized spacial score (nSPS) is 20.4. The second-order valence-corrected chi connectivity index (χ2v) is 5.08. The fraction of sp³-hybridized carbons (Fsp3) is 0.111. The first kappa shape index (κ1) is 13.3. The zero-order chi connectivity index (χ0) is 14.7. The van der Waals surface area contributed by atoms with E-state index in [0.29, 0.717) is 0 Å². The van der Waals surface area contributed by atoms with Gasteiger partial charge in [-0.25, -0.2) is 0 Å². The van der Waals surface area contributed by atoms with Crippen LogP contribution in [0.15, 0.2) is 78.9 Å². The van der Waals surface area contributed by atoms with Gasteiger partial charge < -0.3 is 0 Å². The van der Waals surface area contributed by atoms with Crippen molar-refractivity contribution < 1.29 is 4.92 Å². The van der Waals surface area contributed by atoms with Crippen LogP contribution in [0.1, 0.15) is 23.0 Å². The first-order valence-electron chi connectivity index (χ1n) is 6.90. The van der Waals surface area contributed by atoms with Crippen molar-refractivity contribution in [2.75, 3.05) is 0 Å². The van der Waals surface area contributed by atoms with Crippen LogP contribution in [-0.4, -0.2) is 4.92 Å². The summed E-state index contributed by atoms with van der Waals surface area (Å²) in [6.45, 7) is 0. The molecule has 2 atom stereocenters. The van der Waals surface area contributed by atoms with E-state index in [2.05, 4.69) is 30.4 Å². The number of hydrogen-bond acceptors (Lipinski definition) is 2. The van der Waals surface area contributed by atoms with Crippen LogP contribution in [0.25, 0.3) is 0 Å². The van der Waals surface area contributed by atoms with Crippen molar-refractivity contribution in [1.82, 2.24) is 0 Å². The van der Waals surface area contributed by atoms with E-state index in [0.717, 1.165) is 5.56 Å². The highest BCUT2D eigenvalue weighted by Gasteiger charge is 2.22. The summed E-state index contributed by atoms with van der Waals surface area (Å²) >= 11 is 0. The Morgan fingerprint density at radius 3 is 1.81 bits per heavy atom. The van der Waals surface area contributed by atoms with Gasteiger partial charge in [-0.05, 0) is 11.1 Å². The molecule has 0 radical (unpaired) electrons. The molecular formula is C18H15NO2. The number of nitro groups is 1. The fourth-order valence-electron chi connectivity index (χ4n) is 2.74. The highest BCUT2D eigenvalue weighted by molar-refractivity contribution is 5.42. The van der Waals surface area contributed by atoms with Crippen LogP contribution in [0.3, 0.4) is 0 Å². The Labute approximate surface area is 123 Å². The number of non-ortho nitro benzene ring substituents is 1. The van der Waals surface area contributed by atoms with Gasteiger partial charge in [0.05, 0.1) is 4.92 Å². The molecule has 2 aromatic carbocycles. The van der Waals surface area contributed by atoms with Gasteiger partial charge in [0, 0.05) is 24.0 Å². The molecule has 0 saturated carbocycles. The summed E-state index contributed by atoms with van der Waals surface area (Å²) in [5, 5.41) is 10.8. The summed E-state index contributed by atoms with van der Waals surface area (Å²) in [6, 6.07) is 17.2. The molecular weight excluding hydrogens is 262 g/mol. The summed E-state index contributed by atoms with van der Waals surface area (Å²) in [7, 11) is 0. The number of allylic oxidation sites excluding steroid dienone is 4.